The summed E-state index contributed by atoms with van der Waals surface area (Å²) in [6.45, 7) is 0.860. The number of aliphatic hydroxyl groups excluding tert-OH is 1. The standard InChI is InChI=1S/C8H13NOS.CH4O3S/c1-9-5-4-7(10)8-3-2-6-11-8;1-5(2,3)4/h2-3,6-7,9-10H,4-5H2,1H3;1H3,(H,2,3,4)/t7-;/m0./s1. The minimum Gasteiger partial charge on any atom is -0.388 e. The van der Waals surface area contributed by atoms with Crippen molar-refractivity contribution in [2.45, 2.75) is 12.5 Å². The molecule has 7 heteroatoms. The molecule has 1 rings (SSSR count). The summed E-state index contributed by atoms with van der Waals surface area (Å²) < 4.78 is 25.9. The monoisotopic (exact) mass is 267 g/mol. The molecule has 1 aromatic heterocycles. The van der Waals surface area contributed by atoms with E-state index in [1.807, 2.05) is 24.6 Å². The maximum absolute atomic E-state index is 9.51. The summed E-state index contributed by atoms with van der Waals surface area (Å²) in [6.07, 6.45) is 1.21. The van der Waals surface area contributed by atoms with Crippen LogP contribution in [0.5, 0.6) is 0 Å². The van der Waals surface area contributed by atoms with Crippen molar-refractivity contribution < 1.29 is 18.1 Å². The normalized spacial score (nSPS) is 12.8. The van der Waals surface area contributed by atoms with E-state index in [2.05, 4.69) is 5.32 Å². The van der Waals surface area contributed by atoms with Gasteiger partial charge < -0.3 is 10.4 Å². The van der Waals surface area contributed by atoms with E-state index >= 15 is 0 Å². The zero-order chi connectivity index (χ0) is 12.6. The highest BCUT2D eigenvalue weighted by atomic mass is 32.2. The summed E-state index contributed by atoms with van der Waals surface area (Å²) in [5.41, 5.74) is 0. The van der Waals surface area contributed by atoms with Crippen molar-refractivity contribution in [3.8, 4) is 0 Å². The number of hydrogen-bond donors (Lipinski definition) is 3. The molecule has 1 heterocycles. The highest BCUT2D eigenvalue weighted by Crippen LogP contribution is 2.20. The molecule has 0 bridgehead atoms. The number of nitrogens with one attached hydrogen (secondary N) is 1. The summed E-state index contributed by atoms with van der Waals surface area (Å²) >= 11 is 1.60. The average Bonchev–Trinajstić information content (AvgIpc) is 2.64. The summed E-state index contributed by atoms with van der Waals surface area (Å²) in [4.78, 5) is 1.06. The molecule has 1 atom stereocenters. The summed E-state index contributed by atoms with van der Waals surface area (Å²) in [6, 6.07) is 3.92. The molecule has 0 amide bonds. The van der Waals surface area contributed by atoms with Crippen molar-refractivity contribution in [1.82, 2.24) is 5.32 Å². The second-order valence-corrected chi connectivity index (χ2v) is 5.60. The van der Waals surface area contributed by atoms with Crippen molar-refractivity contribution in [3.05, 3.63) is 22.4 Å². The van der Waals surface area contributed by atoms with E-state index in [1.54, 1.807) is 11.3 Å². The van der Waals surface area contributed by atoms with Gasteiger partial charge in [-0.25, -0.2) is 0 Å². The average molecular weight is 267 g/mol. The zero-order valence-corrected chi connectivity index (χ0v) is 10.9. The van der Waals surface area contributed by atoms with E-state index in [-0.39, 0.29) is 6.10 Å². The topological polar surface area (TPSA) is 86.6 Å². The molecule has 0 fully saturated rings. The molecule has 0 unspecified atom stereocenters. The first kappa shape index (κ1) is 15.5. The Hall–Kier alpha value is -0.470. The van der Waals surface area contributed by atoms with Crippen LogP contribution in [0.25, 0.3) is 0 Å². The molecular weight excluding hydrogens is 250 g/mol. The summed E-state index contributed by atoms with van der Waals surface area (Å²) in [5.74, 6) is 0. The van der Waals surface area contributed by atoms with Gasteiger partial charge in [-0.15, -0.1) is 11.3 Å². The molecule has 3 N–H and O–H groups in total. The lowest BCUT2D eigenvalue weighted by Crippen LogP contribution is -2.11. The van der Waals surface area contributed by atoms with Crippen molar-refractivity contribution in [1.29, 1.82) is 0 Å². The van der Waals surface area contributed by atoms with Crippen LogP contribution in [0, 0.1) is 0 Å². The van der Waals surface area contributed by atoms with Crippen LogP contribution in [-0.2, 0) is 10.1 Å². The molecule has 94 valence electrons. The first-order valence-corrected chi connectivity index (χ1v) is 7.36. The lowest BCUT2D eigenvalue weighted by Gasteiger charge is -2.06. The Morgan fingerprint density at radius 3 is 2.50 bits per heavy atom. The lowest BCUT2D eigenvalue weighted by molar-refractivity contribution is 0.171. The third-order valence-corrected chi connectivity index (χ3v) is 2.51. The van der Waals surface area contributed by atoms with Crippen LogP contribution in [0.4, 0.5) is 0 Å². The van der Waals surface area contributed by atoms with Gasteiger partial charge in [0.15, 0.2) is 0 Å². The molecule has 5 nitrogen and oxygen atoms in total. The van der Waals surface area contributed by atoms with Gasteiger partial charge in [0, 0.05) is 4.88 Å². The molecule has 0 aliphatic rings. The van der Waals surface area contributed by atoms with Gasteiger partial charge in [-0.3, -0.25) is 4.55 Å². The molecule has 0 saturated carbocycles. The van der Waals surface area contributed by atoms with Crippen LogP contribution >= 0.6 is 11.3 Å². The van der Waals surface area contributed by atoms with Crippen LogP contribution in [-0.4, -0.2) is 37.9 Å². The van der Waals surface area contributed by atoms with Crippen LogP contribution in [0.2, 0.25) is 0 Å². The van der Waals surface area contributed by atoms with Crippen molar-refractivity contribution >= 4 is 21.5 Å². The minimum atomic E-state index is -3.67. The predicted molar refractivity (Wildman–Crippen MR) is 65.3 cm³/mol. The minimum absolute atomic E-state index is 0.289. The predicted octanol–water partition coefficient (Wildman–Crippen LogP) is 0.895. The summed E-state index contributed by atoms with van der Waals surface area (Å²) in [7, 11) is -1.78. The number of aliphatic hydroxyl groups is 1. The molecule has 0 spiro atoms. The van der Waals surface area contributed by atoms with Crippen molar-refractivity contribution in [2.24, 2.45) is 0 Å². The number of thiophene rings is 1. The molecule has 0 aromatic carbocycles. The van der Waals surface area contributed by atoms with Gasteiger partial charge >= 0.3 is 0 Å². The molecule has 16 heavy (non-hydrogen) atoms. The highest BCUT2D eigenvalue weighted by molar-refractivity contribution is 7.85. The number of rotatable bonds is 4. The third-order valence-electron chi connectivity index (χ3n) is 1.54. The first-order valence-electron chi connectivity index (χ1n) is 4.63. The zero-order valence-electron chi connectivity index (χ0n) is 9.25. The van der Waals surface area contributed by atoms with Crippen molar-refractivity contribution in [3.63, 3.8) is 0 Å². The molecule has 0 saturated heterocycles. The summed E-state index contributed by atoms with van der Waals surface area (Å²) in [5, 5.41) is 14.5. The smallest absolute Gasteiger partial charge is 0.261 e. The van der Waals surface area contributed by atoms with E-state index in [1.165, 1.54) is 0 Å². The Morgan fingerprint density at radius 1 is 1.56 bits per heavy atom. The van der Waals surface area contributed by atoms with Crippen LogP contribution in [0.1, 0.15) is 17.4 Å². The van der Waals surface area contributed by atoms with E-state index in [4.69, 9.17) is 4.55 Å². The van der Waals surface area contributed by atoms with Crippen LogP contribution in [0.15, 0.2) is 17.5 Å². The molecular formula is C9H17NO4S2. The van der Waals surface area contributed by atoms with Gasteiger partial charge in [-0.2, -0.15) is 8.42 Å². The number of hydrogen-bond acceptors (Lipinski definition) is 5. The molecule has 0 radical (unpaired) electrons. The fourth-order valence-corrected chi connectivity index (χ4v) is 1.65. The first-order chi connectivity index (χ1) is 7.34. The Kier molecular flexibility index (Phi) is 7.52. The second-order valence-electron chi connectivity index (χ2n) is 3.16. The van der Waals surface area contributed by atoms with Crippen LogP contribution < -0.4 is 5.32 Å². The molecule has 0 aliphatic heterocycles. The van der Waals surface area contributed by atoms with E-state index < -0.39 is 10.1 Å². The largest absolute Gasteiger partial charge is 0.388 e. The van der Waals surface area contributed by atoms with Gasteiger partial charge in [0.1, 0.15) is 0 Å². The van der Waals surface area contributed by atoms with E-state index in [0.29, 0.717) is 6.26 Å². The Morgan fingerprint density at radius 2 is 2.12 bits per heavy atom. The van der Waals surface area contributed by atoms with Gasteiger partial charge in [-0.1, -0.05) is 6.07 Å². The molecule has 1 aromatic rings. The fraction of sp³-hybridized carbons (Fsp3) is 0.556. The van der Waals surface area contributed by atoms with Gasteiger partial charge in [0.2, 0.25) is 0 Å². The maximum Gasteiger partial charge on any atom is 0.261 e. The Bertz CT molecular complexity index is 353. The Balaban J connectivity index is 0.000000385. The highest BCUT2D eigenvalue weighted by Gasteiger charge is 2.06. The van der Waals surface area contributed by atoms with E-state index in [0.717, 1.165) is 17.8 Å². The molecule has 0 aliphatic carbocycles. The quantitative estimate of drug-likeness (QED) is 0.705. The SMILES string of the molecule is CNCC[C@H](O)c1cccs1.CS(=O)(=O)O. The Labute approximate surface area is 99.9 Å². The van der Waals surface area contributed by atoms with Crippen molar-refractivity contribution in [2.75, 3.05) is 19.8 Å². The maximum atomic E-state index is 9.51. The lowest BCUT2D eigenvalue weighted by atomic mass is 10.2. The fourth-order valence-electron chi connectivity index (χ4n) is 0.904. The second kappa shape index (κ2) is 7.75. The van der Waals surface area contributed by atoms with Gasteiger partial charge in [-0.05, 0) is 31.5 Å². The van der Waals surface area contributed by atoms with Gasteiger partial charge in [0.05, 0.1) is 12.4 Å². The third kappa shape index (κ3) is 10.1. The van der Waals surface area contributed by atoms with E-state index in [9.17, 15) is 13.5 Å². The van der Waals surface area contributed by atoms with Gasteiger partial charge in [0.25, 0.3) is 10.1 Å². The van der Waals surface area contributed by atoms with Crippen LogP contribution in [0.3, 0.4) is 0 Å².